The minimum atomic E-state index is -0.398. The van der Waals surface area contributed by atoms with E-state index >= 15 is 0 Å². The lowest BCUT2D eigenvalue weighted by atomic mass is 10.1. The van der Waals surface area contributed by atoms with Crippen molar-refractivity contribution in [1.29, 1.82) is 0 Å². The van der Waals surface area contributed by atoms with Gasteiger partial charge in [-0.15, -0.1) is 11.3 Å². The average Bonchev–Trinajstić information content (AvgIpc) is 3.25. The maximum absolute atomic E-state index is 12.3. The first-order chi connectivity index (χ1) is 13.1. The van der Waals surface area contributed by atoms with E-state index < -0.39 is 5.97 Å². The summed E-state index contributed by atoms with van der Waals surface area (Å²) in [5.74, 6) is -0.692. The molecule has 1 aliphatic heterocycles. The molecule has 0 aliphatic carbocycles. The second-order valence-corrected chi connectivity index (χ2v) is 7.32. The van der Waals surface area contributed by atoms with Gasteiger partial charge in [0.15, 0.2) is 0 Å². The van der Waals surface area contributed by atoms with E-state index in [1.165, 1.54) is 9.60 Å². The van der Waals surface area contributed by atoms with E-state index in [9.17, 15) is 14.4 Å². The number of ether oxygens (including phenoxy) is 1. The van der Waals surface area contributed by atoms with Gasteiger partial charge >= 0.3 is 5.97 Å². The maximum Gasteiger partial charge on any atom is 0.338 e. The molecule has 2 heterocycles. The number of fused-ring (bicyclic) bond motifs is 1. The number of nitrogens with zero attached hydrogens (tertiary/aromatic N) is 1. The summed E-state index contributed by atoms with van der Waals surface area (Å²) in [6, 6.07) is 14.8. The van der Waals surface area contributed by atoms with Crippen LogP contribution in [0.5, 0.6) is 0 Å². The van der Waals surface area contributed by atoms with Crippen molar-refractivity contribution in [3.8, 4) is 0 Å². The van der Waals surface area contributed by atoms with Gasteiger partial charge in [0.2, 0.25) is 11.8 Å². The van der Waals surface area contributed by atoms with Crippen LogP contribution in [-0.2, 0) is 27.5 Å². The molecule has 136 valence electrons. The molecule has 0 N–H and O–H groups in total. The molecule has 1 aliphatic rings. The monoisotopic (exact) mass is 379 g/mol. The summed E-state index contributed by atoms with van der Waals surface area (Å²) in [5, 5.41) is 3.11. The zero-order valence-corrected chi connectivity index (χ0v) is 15.3. The van der Waals surface area contributed by atoms with Crippen molar-refractivity contribution >= 4 is 39.2 Å². The van der Waals surface area contributed by atoms with Gasteiger partial charge in [-0.1, -0.05) is 30.3 Å². The molecule has 1 fully saturated rings. The number of thiophene rings is 1. The number of benzene rings is 2. The standard InChI is InChI=1S/C21H17NO4S/c23-19-9-10-20(24)22(19)11-14-5-7-15(8-6-14)21(25)26-12-16-13-27-18-4-2-1-3-17(16)18/h1-8,13H,9-12H2. The second kappa shape index (κ2) is 7.32. The summed E-state index contributed by atoms with van der Waals surface area (Å²) in [6.45, 7) is 0.468. The van der Waals surface area contributed by atoms with Gasteiger partial charge in [0, 0.05) is 23.1 Å². The van der Waals surface area contributed by atoms with Gasteiger partial charge < -0.3 is 4.74 Å². The predicted molar refractivity (Wildman–Crippen MR) is 102 cm³/mol. The Kier molecular flexibility index (Phi) is 4.73. The summed E-state index contributed by atoms with van der Waals surface area (Å²) in [6.07, 6.45) is 0.557. The Bertz CT molecular complexity index is 1010. The molecule has 6 heteroatoms. The van der Waals surface area contributed by atoms with Crippen molar-refractivity contribution in [3.05, 3.63) is 70.6 Å². The molecule has 0 saturated carbocycles. The van der Waals surface area contributed by atoms with E-state index in [4.69, 9.17) is 4.74 Å². The van der Waals surface area contributed by atoms with Crippen LogP contribution < -0.4 is 0 Å². The van der Waals surface area contributed by atoms with E-state index in [0.717, 1.165) is 16.5 Å². The molecule has 4 rings (SSSR count). The van der Waals surface area contributed by atoms with Gasteiger partial charge in [0.1, 0.15) is 6.61 Å². The number of carbonyl (C=O) groups is 3. The number of hydrogen-bond donors (Lipinski definition) is 0. The molecule has 5 nitrogen and oxygen atoms in total. The molecular weight excluding hydrogens is 362 g/mol. The van der Waals surface area contributed by atoms with Gasteiger partial charge in [-0.05, 0) is 34.5 Å². The number of likely N-dealkylation sites (tertiary alicyclic amines) is 1. The van der Waals surface area contributed by atoms with Crippen LogP contribution in [0.15, 0.2) is 53.9 Å². The minimum absolute atomic E-state index is 0.147. The Hall–Kier alpha value is -2.99. The number of rotatable bonds is 5. The molecule has 0 radical (unpaired) electrons. The summed E-state index contributed by atoms with van der Waals surface area (Å²) in [7, 11) is 0. The third kappa shape index (κ3) is 3.61. The highest BCUT2D eigenvalue weighted by molar-refractivity contribution is 7.17. The van der Waals surface area contributed by atoms with E-state index in [2.05, 4.69) is 0 Å². The summed E-state index contributed by atoms with van der Waals surface area (Å²) in [5.41, 5.74) is 2.24. The zero-order valence-electron chi connectivity index (χ0n) is 14.5. The highest BCUT2D eigenvalue weighted by Crippen LogP contribution is 2.26. The Labute approximate surface area is 160 Å². The van der Waals surface area contributed by atoms with Crippen molar-refractivity contribution in [1.82, 2.24) is 4.90 Å². The van der Waals surface area contributed by atoms with E-state index in [1.54, 1.807) is 35.6 Å². The van der Waals surface area contributed by atoms with Crippen molar-refractivity contribution in [2.24, 2.45) is 0 Å². The number of amides is 2. The highest BCUT2D eigenvalue weighted by atomic mass is 32.1. The molecule has 0 bridgehead atoms. The number of carbonyl (C=O) groups excluding carboxylic acids is 3. The Morgan fingerprint density at radius 3 is 2.44 bits per heavy atom. The van der Waals surface area contributed by atoms with Gasteiger partial charge in [-0.3, -0.25) is 14.5 Å². The first-order valence-corrected chi connectivity index (χ1v) is 9.54. The van der Waals surface area contributed by atoms with Crippen LogP contribution in [0.25, 0.3) is 10.1 Å². The smallest absolute Gasteiger partial charge is 0.338 e. The fraction of sp³-hybridized carbons (Fsp3) is 0.190. The molecule has 0 atom stereocenters. The molecular formula is C21H17NO4S. The number of hydrogen-bond acceptors (Lipinski definition) is 5. The third-order valence-corrected chi connectivity index (χ3v) is 5.62. The lowest BCUT2D eigenvalue weighted by molar-refractivity contribution is -0.139. The maximum atomic E-state index is 12.3. The van der Waals surface area contributed by atoms with E-state index in [0.29, 0.717) is 5.56 Å². The Balaban J connectivity index is 1.39. The highest BCUT2D eigenvalue weighted by Gasteiger charge is 2.28. The SMILES string of the molecule is O=C(OCc1csc2ccccc12)c1ccc(CN2C(=O)CCC2=O)cc1. The van der Waals surface area contributed by atoms with Crippen LogP contribution in [0.2, 0.25) is 0 Å². The summed E-state index contributed by atoms with van der Waals surface area (Å²) < 4.78 is 6.60. The lowest BCUT2D eigenvalue weighted by Crippen LogP contribution is -2.28. The van der Waals surface area contributed by atoms with Gasteiger partial charge in [0.05, 0.1) is 12.1 Å². The summed E-state index contributed by atoms with van der Waals surface area (Å²) >= 11 is 1.63. The average molecular weight is 379 g/mol. The van der Waals surface area contributed by atoms with Gasteiger partial charge in [0.25, 0.3) is 0 Å². The molecule has 1 aromatic heterocycles. The molecule has 0 spiro atoms. The molecule has 2 aromatic carbocycles. The number of imide groups is 1. The van der Waals surface area contributed by atoms with Crippen LogP contribution in [0.4, 0.5) is 0 Å². The fourth-order valence-electron chi connectivity index (χ4n) is 3.10. The van der Waals surface area contributed by atoms with Crippen molar-refractivity contribution < 1.29 is 19.1 Å². The van der Waals surface area contributed by atoms with Crippen LogP contribution in [0, 0.1) is 0 Å². The predicted octanol–water partition coefficient (Wildman–Crippen LogP) is 3.91. The van der Waals surface area contributed by atoms with Crippen LogP contribution in [0.3, 0.4) is 0 Å². The topological polar surface area (TPSA) is 63.7 Å². The molecule has 3 aromatic rings. The van der Waals surface area contributed by atoms with Gasteiger partial charge in [-0.25, -0.2) is 4.79 Å². The second-order valence-electron chi connectivity index (χ2n) is 6.40. The van der Waals surface area contributed by atoms with Crippen molar-refractivity contribution in [2.45, 2.75) is 26.0 Å². The van der Waals surface area contributed by atoms with Crippen LogP contribution in [0.1, 0.15) is 34.3 Å². The quantitative estimate of drug-likeness (QED) is 0.498. The number of esters is 1. The minimum Gasteiger partial charge on any atom is -0.457 e. The Morgan fingerprint density at radius 2 is 1.70 bits per heavy atom. The van der Waals surface area contributed by atoms with Crippen LogP contribution in [-0.4, -0.2) is 22.7 Å². The van der Waals surface area contributed by atoms with Crippen LogP contribution >= 0.6 is 11.3 Å². The molecule has 0 unspecified atom stereocenters. The van der Waals surface area contributed by atoms with E-state index in [-0.39, 0.29) is 37.8 Å². The normalized spacial score (nSPS) is 14.1. The fourth-order valence-corrected chi connectivity index (χ4v) is 4.05. The molecule has 1 saturated heterocycles. The van der Waals surface area contributed by atoms with Crippen molar-refractivity contribution in [3.63, 3.8) is 0 Å². The zero-order chi connectivity index (χ0) is 18.8. The molecule has 27 heavy (non-hydrogen) atoms. The lowest BCUT2D eigenvalue weighted by Gasteiger charge is -2.13. The first kappa shape index (κ1) is 17.4. The molecule has 2 amide bonds. The Morgan fingerprint density at radius 1 is 1.00 bits per heavy atom. The van der Waals surface area contributed by atoms with E-state index in [1.807, 2.05) is 29.6 Å². The summed E-state index contributed by atoms with van der Waals surface area (Å²) in [4.78, 5) is 36.9. The third-order valence-electron chi connectivity index (χ3n) is 4.61. The largest absolute Gasteiger partial charge is 0.457 e. The van der Waals surface area contributed by atoms with Crippen molar-refractivity contribution in [2.75, 3.05) is 0 Å². The first-order valence-electron chi connectivity index (χ1n) is 8.66. The van der Waals surface area contributed by atoms with Gasteiger partial charge in [-0.2, -0.15) is 0 Å².